The van der Waals surface area contributed by atoms with E-state index in [4.69, 9.17) is 0 Å². The fourth-order valence-corrected chi connectivity index (χ4v) is 4.34. The Kier molecular flexibility index (Phi) is 7.09. The van der Waals surface area contributed by atoms with E-state index in [0.29, 0.717) is 11.5 Å². The maximum atomic E-state index is 12.7. The number of nitrogens with zero attached hydrogens (tertiary/aromatic N) is 2. The fourth-order valence-electron chi connectivity index (χ4n) is 4.34. The van der Waals surface area contributed by atoms with E-state index in [2.05, 4.69) is 77.5 Å². The second kappa shape index (κ2) is 10.9. The van der Waals surface area contributed by atoms with Crippen molar-refractivity contribution in [1.82, 2.24) is 9.99 Å². The van der Waals surface area contributed by atoms with Crippen LogP contribution in [0.2, 0.25) is 0 Å². The van der Waals surface area contributed by atoms with E-state index in [9.17, 15) is 4.79 Å². The van der Waals surface area contributed by atoms with Crippen molar-refractivity contribution < 1.29 is 4.79 Å². The van der Waals surface area contributed by atoms with Gasteiger partial charge in [-0.2, -0.15) is 5.10 Å². The summed E-state index contributed by atoms with van der Waals surface area (Å²) in [6, 6.07) is 40.7. The average molecular weight is 484 g/mol. The SMILES string of the molecule is CC(C)c1ccc(/C=N\NC(=O)c2ccc(-n3c(-c4ccccc4)ccc3-c3ccccc3)cc2)cc1. The summed E-state index contributed by atoms with van der Waals surface area (Å²) >= 11 is 0. The van der Waals surface area contributed by atoms with Gasteiger partial charge in [0.2, 0.25) is 0 Å². The zero-order valence-electron chi connectivity index (χ0n) is 21.0. The predicted molar refractivity (Wildman–Crippen MR) is 152 cm³/mol. The Morgan fingerprint density at radius 2 is 1.24 bits per heavy atom. The molecule has 4 aromatic carbocycles. The normalized spacial score (nSPS) is 11.2. The van der Waals surface area contributed by atoms with Gasteiger partial charge in [0.15, 0.2) is 0 Å². The number of aromatic nitrogens is 1. The minimum absolute atomic E-state index is 0.249. The fraction of sp³-hybridized carbons (Fsp3) is 0.0909. The van der Waals surface area contributed by atoms with Crippen LogP contribution in [-0.4, -0.2) is 16.7 Å². The topological polar surface area (TPSA) is 46.4 Å². The summed E-state index contributed by atoms with van der Waals surface area (Å²) in [6.07, 6.45) is 1.66. The summed E-state index contributed by atoms with van der Waals surface area (Å²) in [5.41, 5.74) is 10.8. The zero-order chi connectivity index (χ0) is 25.6. The quantitative estimate of drug-likeness (QED) is 0.187. The molecule has 0 bridgehead atoms. The van der Waals surface area contributed by atoms with Crippen molar-refractivity contribution in [2.45, 2.75) is 19.8 Å². The van der Waals surface area contributed by atoms with Crippen molar-refractivity contribution >= 4 is 12.1 Å². The van der Waals surface area contributed by atoms with Gasteiger partial charge in [-0.15, -0.1) is 0 Å². The van der Waals surface area contributed by atoms with Gasteiger partial charge in [0.05, 0.1) is 17.6 Å². The van der Waals surface area contributed by atoms with Gasteiger partial charge >= 0.3 is 0 Å². The number of carbonyl (C=O) groups is 1. The molecule has 0 aliphatic carbocycles. The molecule has 4 heteroatoms. The first kappa shape index (κ1) is 24.0. The molecule has 0 radical (unpaired) electrons. The second-order valence-electron chi connectivity index (χ2n) is 9.24. The van der Waals surface area contributed by atoms with E-state index in [1.807, 2.05) is 72.8 Å². The smallest absolute Gasteiger partial charge is 0.271 e. The van der Waals surface area contributed by atoms with Gasteiger partial charge in [0.25, 0.3) is 5.91 Å². The number of nitrogens with one attached hydrogen (secondary N) is 1. The lowest BCUT2D eigenvalue weighted by Crippen LogP contribution is -2.17. The zero-order valence-corrected chi connectivity index (χ0v) is 21.0. The van der Waals surface area contributed by atoms with E-state index >= 15 is 0 Å². The maximum absolute atomic E-state index is 12.7. The van der Waals surface area contributed by atoms with Crippen LogP contribution in [0.3, 0.4) is 0 Å². The number of hydrogen-bond acceptors (Lipinski definition) is 2. The van der Waals surface area contributed by atoms with E-state index in [-0.39, 0.29) is 5.91 Å². The van der Waals surface area contributed by atoms with Crippen molar-refractivity contribution in [3.05, 3.63) is 138 Å². The molecule has 5 rings (SSSR count). The monoisotopic (exact) mass is 483 g/mol. The molecule has 0 spiro atoms. The highest BCUT2D eigenvalue weighted by molar-refractivity contribution is 5.95. The molecular formula is C33H29N3O. The van der Waals surface area contributed by atoms with Crippen molar-refractivity contribution in [2.75, 3.05) is 0 Å². The second-order valence-corrected chi connectivity index (χ2v) is 9.24. The third-order valence-corrected chi connectivity index (χ3v) is 6.39. The third-order valence-electron chi connectivity index (χ3n) is 6.39. The molecule has 1 amide bonds. The maximum Gasteiger partial charge on any atom is 0.271 e. The Morgan fingerprint density at radius 3 is 1.76 bits per heavy atom. The molecule has 1 aromatic heterocycles. The van der Waals surface area contributed by atoms with E-state index < -0.39 is 0 Å². The predicted octanol–water partition coefficient (Wildman–Crippen LogP) is 7.70. The van der Waals surface area contributed by atoms with Crippen molar-refractivity contribution in [2.24, 2.45) is 5.10 Å². The number of rotatable bonds is 7. The molecule has 4 nitrogen and oxygen atoms in total. The number of hydrazone groups is 1. The van der Waals surface area contributed by atoms with E-state index in [1.54, 1.807) is 6.21 Å². The van der Waals surface area contributed by atoms with Crippen molar-refractivity contribution in [3.8, 4) is 28.2 Å². The summed E-state index contributed by atoms with van der Waals surface area (Å²) in [5.74, 6) is 0.230. The number of carbonyl (C=O) groups excluding carboxylic acids is 1. The summed E-state index contributed by atoms with van der Waals surface area (Å²) in [4.78, 5) is 12.7. The van der Waals surface area contributed by atoms with Crippen LogP contribution in [0.4, 0.5) is 0 Å². The van der Waals surface area contributed by atoms with Crippen LogP contribution in [0.15, 0.2) is 126 Å². The van der Waals surface area contributed by atoms with E-state index in [1.165, 1.54) is 5.56 Å². The van der Waals surface area contributed by atoms with E-state index in [0.717, 1.165) is 33.8 Å². The molecule has 0 aliphatic heterocycles. The molecule has 0 atom stereocenters. The van der Waals surface area contributed by atoms with Gasteiger partial charge in [-0.05, 0) is 64.6 Å². The minimum Gasteiger partial charge on any atom is -0.309 e. The molecule has 0 saturated heterocycles. The van der Waals surface area contributed by atoms with Gasteiger partial charge in [0, 0.05) is 11.3 Å². The van der Waals surface area contributed by atoms with Gasteiger partial charge in [0.1, 0.15) is 0 Å². The Balaban J connectivity index is 1.38. The Labute approximate surface area is 217 Å². The highest BCUT2D eigenvalue weighted by Gasteiger charge is 2.14. The highest BCUT2D eigenvalue weighted by Crippen LogP contribution is 2.32. The Bertz CT molecular complexity index is 1440. The number of benzene rings is 4. The van der Waals surface area contributed by atoms with Crippen LogP contribution in [0, 0.1) is 0 Å². The number of hydrogen-bond donors (Lipinski definition) is 1. The van der Waals surface area contributed by atoms with Crippen LogP contribution < -0.4 is 5.43 Å². The molecule has 1 heterocycles. The molecule has 182 valence electrons. The molecule has 37 heavy (non-hydrogen) atoms. The van der Waals surface area contributed by atoms with Gasteiger partial charge in [-0.25, -0.2) is 5.43 Å². The van der Waals surface area contributed by atoms with Crippen LogP contribution in [-0.2, 0) is 0 Å². The van der Waals surface area contributed by atoms with Crippen LogP contribution >= 0.6 is 0 Å². The lowest BCUT2D eigenvalue weighted by Gasteiger charge is -2.15. The standard InChI is InChI=1S/C33H29N3O/c1-24(2)26-15-13-25(14-16-26)23-34-35-33(37)29-17-19-30(20-18-29)36-31(27-9-5-3-6-10-27)21-22-32(36)28-11-7-4-8-12-28/h3-24H,1-2H3,(H,35,37)/b34-23-. The Hall–Kier alpha value is -4.70. The molecule has 5 aromatic rings. The molecule has 0 aliphatic rings. The van der Waals surface area contributed by atoms with Crippen LogP contribution in [0.1, 0.15) is 41.3 Å². The van der Waals surface area contributed by atoms with Gasteiger partial charge in [-0.3, -0.25) is 4.79 Å². The first-order valence-electron chi connectivity index (χ1n) is 12.5. The lowest BCUT2D eigenvalue weighted by molar-refractivity contribution is 0.0955. The third kappa shape index (κ3) is 5.44. The molecule has 0 fully saturated rings. The lowest BCUT2D eigenvalue weighted by atomic mass is 10.0. The minimum atomic E-state index is -0.249. The van der Waals surface area contributed by atoms with Gasteiger partial charge < -0.3 is 4.57 Å². The molecule has 1 N–H and O–H groups in total. The first-order chi connectivity index (χ1) is 18.1. The summed E-state index contributed by atoms with van der Waals surface area (Å²) in [5, 5.41) is 4.14. The summed E-state index contributed by atoms with van der Waals surface area (Å²) in [7, 11) is 0. The van der Waals surface area contributed by atoms with Crippen LogP contribution in [0.25, 0.3) is 28.2 Å². The molecular weight excluding hydrogens is 454 g/mol. The molecule has 0 saturated carbocycles. The average Bonchev–Trinajstić information content (AvgIpc) is 3.40. The van der Waals surface area contributed by atoms with Crippen molar-refractivity contribution in [1.29, 1.82) is 0 Å². The number of amides is 1. The molecule has 0 unspecified atom stereocenters. The van der Waals surface area contributed by atoms with Gasteiger partial charge in [-0.1, -0.05) is 98.8 Å². The largest absolute Gasteiger partial charge is 0.309 e. The van der Waals surface area contributed by atoms with Crippen molar-refractivity contribution in [3.63, 3.8) is 0 Å². The Morgan fingerprint density at radius 1 is 0.703 bits per heavy atom. The first-order valence-corrected chi connectivity index (χ1v) is 12.5. The summed E-state index contributed by atoms with van der Waals surface area (Å²) in [6.45, 7) is 4.33. The summed E-state index contributed by atoms with van der Waals surface area (Å²) < 4.78 is 2.23. The van der Waals surface area contributed by atoms with Crippen LogP contribution in [0.5, 0.6) is 0 Å². The highest BCUT2D eigenvalue weighted by atomic mass is 16.2.